The molecule has 0 bridgehead atoms. The third-order valence-corrected chi connectivity index (χ3v) is 6.38. The van der Waals surface area contributed by atoms with Crippen molar-refractivity contribution in [3.63, 3.8) is 0 Å². The third kappa shape index (κ3) is 4.06. The van der Waals surface area contributed by atoms with Crippen LogP contribution < -0.4 is 0 Å². The van der Waals surface area contributed by atoms with Gasteiger partial charge in [0.25, 0.3) is 0 Å². The average Bonchev–Trinajstić information content (AvgIpc) is 3.11. The molecule has 0 saturated carbocycles. The molecule has 0 fully saturated rings. The van der Waals surface area contributed by atoms with Gasteiger partial charge in [0, 0.05) is 22.5 Å². The van der Waals surface area contributed by atoms with Crippen molar-refractivity contribution in [3.05, 3.63) is 89.1 Å². The van der Waals surface area contributed by atoms with Crippen LogP contribution in [-0.2, 0) is 6.42 Å². The summed E-state index contributed by atoms with van der Waals surface area (Å²) in [6, 6.07) is 21.8. The molecule has 0 atom stereocenters. The van der Waals surface area contributed by atoms with Crippen molar-refractivity contribution < 1.29 is 4.42 Å². The lowest BCUT2D eigenvalue weighted by Crippen LogP contribution is -2.09. The maximum atomic E-state index is 6.38. The van der Waals surface area contributed by atoms with Gasteiger partial charge in [0.05, 0.1) is 5.69 Å². The van der Waals surface area contributed by atoms with E-state index in [1.807, 2.05) is 6.20 Å². The number of hydrogen-bond donors (Lipinski definition) is 0. The standard InChI is InChI=1S/C31H31NO/c1-19-8-7-9-20(2)29(19)24-14-21(3)30-26(16-24)25-11-10-23(17-28(25)33-30)27-15-22(12-13-32-27)18-31(4,5)6/h7-17H,18H2,1-6H3. The second kappa shape index (κ2) is 7.88. The van der Waals surface area contributed by atoms with Crippen molar-refractivity contribution in [2.24, 2.45) is 5.41 Å². The Hall–Kier alpha value is -3.39. The smallest absolute Gasteiger partial charge is 0.138 e. The lowest BCUT2D eigenvalue weighted by molar-refractivity contribution is 0.411. The van der Waals surface area contributed by atoms with E-state index in [2.05, 4.69) is 107 Å². The zero-order valence-electron chi connectivity index (χ0n) is 20.4. The monoisotopic (exact) mass is 433 g/mol. The fourth-order valence-corrected chi connectivity index (χ4v) is 4.98. The number of aryl methyl sites for hydroxylation is 3. The summed E-state index contributed by atoms with van der Waals surface area (Å²) < 4.78 is 6.38. The van der Waals surface area contributed by atoms with Gasteiger partial charge in [0.1, 0.15) is 11.2 Å². The highest BCUT2D eigenvalue weighted by Crippen LogP contribution is 2.38. The normalized spacial score (nSPS) is 12.1. The zero-order chi connectivity index (χ0) is 23.3. The first-order valence-corrected chi connectivity index (χ1v) is 11.7. The first kappa shape index (κ1) is 21.5. The molecule has 0 amide bonds. The van der Waals surface area contributed by atoms with Gasteiger partial charge >= 0.3 is 0 Å². The summed E-state index contributed by atoms with van der Waals surface area (Å²) in [7, 11) is 0. The fraction of sp³-hybridized carbons (Fsp3) is 0.258. The molecule has 2 nitrogen and oxygen atoms in total. The van der Waals surface area contributed by atoms with E-state index < -0.39 is 0 Å². The number of nitrogens with zero attached hydrogens (tertiary/aromatic N) is 1. The van der Waals surface area contributed by atoms with E-state index in [9.17, 15) is 0 Å². The van der Waals surface area contributed by atoms with Gasteiger partial charge in [0.2, 0.25) is 0 Å². The van der Waals surface area contributed by atoms with Crippen LogP contribution in [0.15, 0.2) is 71.3 Å². The molecule has 0 aliphatic carbocycles. The Morgan fingerprint density at radius 2 is 1.52 bits per heavy atom. The Morgan fingerprint density at radius 1 is 0.758 bits per heavy atom. The summed E-state index contributed by atoms with van der Waals surface area (Å²) in [5, 5.41) is 2.32. The summed E-state index contributed by atoms with van der Waals surface area (Å²) in [5.74, 6) is 0. The van der Waals surface area contributed by atoms with Gasteiger partial charge in [0.15, 0.2) is 0 Å². The highest BCUT2D eigenvalue weighted by atomic mass is 16.3. The van der Waals surface area contributed by atoms with Gasteiger partial charge < -0.3 is 4.42 Å². The van der Waals surface area contributed by atoms with Crippen molar-refractivity contribution in [1.82, 2.24) is 4.98 Å². The van der Waals surface area contributed by atoms with E-state index >= 15 is 0 Å². The largest absolute Gasteiger partial charge is 0.456 e. The van der Waals surface area contributed by atoms with E-state index in [0.29, 0.717) is 0 Å². The van der Waals surface area contributed by atoms with E-state index in [4.69, 9.17) is 4.42 Å². The molecule has 0 unspecified atom stereocenters. The zero-order valence-corrected chi connectivity index (χ0v) is 20.4. The first-order valence-electron chi connectivity index (χ1n) is 11.7. The van der Waals surface area contributed by atoms with Crippen LogP contribution in [0.3, 0.4) is 0 Å². The van der Waals surface area contributed by atoms with Gasteiger partial charge in [-0.25, -0.2) is 0 Å². The van der Waals surface area contributed by atoms with Crippen molar-refractivity contribution in [2.75, 3.05) is 0 Å². The number of pyridine rings is 1. The summed E-state index contributed by atoms with van der Waals surface area (Å²) in [5.41, 5.74) is 11.8. The maximum Gasteiger partial charge on any atom is 0.138 e. The molecule has 2 heterocycles. The molecule has 0 saturated heterocycles. The molecule has 0 N–H and O–H groups in total. The quantitative estimate of drug-likeness (QED) is 0.284. The van der Waals surface area contributed by atoms with Crippen LogP contribution in [0.4, 0.5) is 0 Å². The van der Waals surface area contributed by atoms with E-state index in [1.54, 1.807) is 0 Å². The molecule has 3 aromatic carbocycles. The van der Waals surface area contributed by atoms with Crippen LogP contribution >= 0.6 is 0 Å². The van der Waals surface area contributed by atoms with Gasteiger partial charge in [-0.2, -0.15) is 0 Å². The first-order chi connectivity index (χ1) is 15.7. The maximum absolute atomic E-state index is 6.38. The minimum absolute atomic E-state index is 0.242. The molecule has 2 aromatic heterocycles. The predicted molar refractivity (Wildman–Crippen MR) is 140 cm³/mol. The number of hydrogen-bond acceptors (Lipinski definition) is 2. The SMILES string of the molecule is Cc1cccc(C)c1-c1cc(C)c2oc3cc(-c4cc(CC(C)(C)C)ccn4)ccc3c2c1. The third-order valence-electron chi connectivity index (χ3n) is 6.38. The molecule has 2 heteroatoms. The molecule has 166 valence electrons. The highest BCUT2D eigenvalue weighted by Gasteiger charge is 2.16. The van der Waals surface area contributed by atoms with Crippen molar-refractivity contribution in [1.29, 1.82) is 0 Å². The molecule has 0 aliphatic rings. The van der Waals surface area contributed by atoms with Crippen LogP contribution in [0.1, 0.15) is 43.0 Å². The molecular weight excluding hydrogens is 402 g/mol. The Labute approximate surface area is 196 Å². The van der Waals surface area contributed by atoms with Crippen LogP contribution in [0.2, 0.25) is 0 Å². The molecule has 0 aliphatic heterocycles. The fourth-order valence-electron chi connectivity index (χ4n) is 4.98. The van der Waals surface area contributed by atoms with Gasteiger partial charge in [-0.3, -0.25) is 4.98 Å². The van der Waals surface area contributed by atoms with E-state index in [1.165, 1.54) is 33.2 Å². The molecule has 0 radical (unpaired) electrons. The van der Waals surface area contributed by atoms with E-state index in [0.717, 1.165) is 39.8 Å². The Balaban J connectivity index is 1.63. The van der Waals surface area contributed by atoms with Gasteiger partial charge in [-0.15, -0.1) is 0 Å². The van der Waals surface area contributed by atoms with E-state index in [-0.39, 0.29) is 5.41 Å². The molecule has 5 aromatic rings. The summed E-state index contributed by atoms with van der Waals surface area (Å²) >= 11 is 0. The van der Waals surface area contributed by atoms with Crippen molar-refractivity contribution in [2.45, 2.75) is 48.0 Å². The number of rotatable bonds is 3. The highest BCUT2D eigenvalue weighted by molar-refractivity contribution is 6.08. The Morgan fingerprint density at radius 3 is 2.24 bits per heavy atom. The number of aromatic nitrogens is 1. The second-order valence-corrected chi connectivity index (χ2v) is 10.5. The summed E-state index contributed by atoms with van der Waals surface area (Å²) in [4.78, 5) is 4.65. The van der Waals surface area contributed by atoms with Crippen molar-refractivity contribution in [3.8, 4) is 22.4 Å². The second-order valence-electron chi connectivity index (χ2n) is 10.5. The molecule has 0 spiro atoms. The van der Waals surface area contributed by atoms with Crippen LogP contribution in [0, 0.1) is 26.2 Å². The lowest BCUT2D eigenvalue weighted by Gasteiger charge is -2.18. The van der Waals surface area contributed by atoms with Crippen LogP contribution in [-0.4, -0.2) is 4.98 Å². The van der Waals surface area contributed by atoms with Gasteiger partial charge in [-0.05, 0) is 102 Å². The molecule has 5 rings (SSSR count). The minimum atomic E-state index is 0.242. The summed E-state index contributed by atoms with van der Waals surface area (Å²) in [6.07, 6.45) is 2.94. The predicted octanol–water partition coefficient (Wildman–Crippen LogP) is 8.83. The Bertz CT molecular complexity index is 1480. The molecule has 33 heavy (non-hydrogen) atoms. The summed E-state index contributed by atoms with van der Waals surface area (Å²) in [6.45, 7) is 13.3. The number of benzene rings is 3. The van der Waals surface area contributed by atoms with Crippen molar-refractivity contribution >= 4 is 21.9 Å². The average molecular weight is 434 g/mol. The van der Waals surface area contributed by atoms with Crippen LogP contribution in [0.25, 0.3) is 44.3 Å². The minimum Gasteiger partial charge on any atom is -0.456 e. The van der Waals surface area contributed by atoms with Crippen LogP contribution in [0.5, 0.6) is 0 Å². The topological polar surface area (TPSA) is 26.0 Å². The van der Waals surface area contributed by atoms with Gasteiger partial charge in [-0.1, -0.05) is 45.0 Å². The molecular formula is C31H31NO. The lowest BCUT2D eigenvalue weighted by atomic mass is 9.88. The number of fused-ring (bicyclic) bond motifs is 3. The Kier molecular flexibility index (Phi) is 5.12. The number of furan rings is 1.